The molecule has 1 heterocycles. The number of rotatable bonds is 4. The highest BCUT2D eigenvalue weighted by Gasteiger charge is 2.32. The van der Waals surface area contributed by atoms with Crippen LogP contribution in [0.3, 0.4) is 0 Å². The van der Waals surface area contributed by atoms with Gasteiger partial charge in [0.2, 0.25) is 0 Å². The third-order valence-corrected chi connectivity index (χ3v) is 3.53. The molecule has 1 aromatic rings. The topological polar surface area (TPSA) is 63.8 Å². The Hall–Kier alpha value is -1.32. The average molecular weight is 218 g/mol. The average Bonchev–Trinajstić information content (AvgIpc) is 3.10. The highest BCUT2D eigenvalue weighted by Crippen LogP contribution is 2.39. The first-order valence-electron chi connectivity index (χ1n) is 6.10. The van der Waals surface area contributed by atoms with Crippen molar-refractivity contribution in [1.82, 2.24) is 9.97 Å². The standard InChI is InChI=1S/C12H18N4/c1-7-4-9(7)6-14-11-5-10(13)15-12(16-11)8-2-3-8/h5,7-9H,2-4,6H2,1H3,(H3,13,14,15,16). The molecule has 0 aliphatic heterocycles. The van der Waals surface area contributed by atoms with Crippen molar-refractivity contribution in [3.05, 3.63) is 11.9 Å². The quantitative estimate of drug-likeness (QED) is 0.811. The molecular formula is C12H18N4. The van der Waals surface area contributed by atoms with Gasteiger partial charge in [0.05, 0.1) is 0 Å². The van der Waals surface area contributed by atoms with Crippen molar-refractivity contribution in [2.75, 3.05) is 17.6 Å². The molecule has 2 unspecified atom stereocenters. The first kappa shape index (κ1) is 9.87. The zero-order chi connectivity index (χ0) is 11.1. The Bertz CT molecular complexity index is 400. The van der Waals surface area contributed by atoms with Gasteiger partial charge in [0.15, 0.2) is 0 Å². The van der Waals surface area contributed by atoms with Crippen LogP contribution in [0.1, 0.15) is 37.9 Å². The van der Waals surface area contributed by atoms with Crippen molar-refractivity contribution in [3.63, 3.8) is 0 Å². The van der Waals surface area contributed by atoms with Crippen LogP contribution in [0, 0.1) is 11.8 Å². The Kier molecular flexibility index (Phi) is 2.23. The number of hydrogen-bond acceptors (Lipinski definition) is 4. The summed E-state index contributed by atoms with van der Waals surface area (Å²) in [6.45, 7) is 3.30. The number of nitrogen functional groups attached to an aromatic ring is 1. The van der Waals surface area contributed by atoms with Crippen molar-refractivity contribution < 1.29 is 0 Å². The van der Waals surface area contributed by atoms with Crippen LogP contribution in [0.15, 0.2) is 6.07 Å². The Balaban J connectivity index is 1.68. The van der Waals surface area contributed by atoms with E-state index in [0.29, 0.717) is 11.7 Å². The SMILES string of the molecule is CC1CC1CNc1cc(N)nc(C2CC2)n1. The van der Waals surface area contributed by atoms with E-state index < -0.39 is 0 Å². The molecule has 2 fully saturated rings. The van der Waals surface area contributed by atoms with E-state index in [0.717, 1.165) is 30.0 Å². The molecule has 0 bridgehead atoms. The molecule has 4 heteroatoms. The fourth-order valence-corrected chi connectivity index (χ4v) is 2.02. The predicted octanol–water partition coefficient (Wildman–Crippen LogP) is 2.00. The number of nitrogens with two attached hydrogens (primary N) is 1. The van der Waals surface area contributed by atoms with Crippen molar-refractivity contribution in [2.24, 2.45) is 11.8 Å². The molecule has 2 aliphatic rings. The largest absolute Gasteiger partial charge is 0.384 e. The normalized spacial score (nSPS) is 27.8. The summed E-state index contributed by atoms with van der Waals surface area (Å²) in [5.74, 6) is 4.65. The molecule has 3 rings (SSSR count). The highest BCUT2D eigenvalue weighted by atomic mass is 15.1. The molecule has 2 aliphatic carbocycles. The minimum atomic E-state index is 0.559. The summed E-state index contributed by atoms with van der Waals surface area (Å²) < 4.78 is 0. The zero-order valence-corrected chi connectivity index (χ0v) is 9.61. The highest BCUT2D eigenvalue weighted by molar-refractivity contribution is 5.45. The lowest BCUT2D eigenvalue weighted by Gasteiger charge is -2.07. The Labute approximate surface area is 95.7 Å². The smallest absolute Gasteiger partial charge is 0.136 e. The maximum atomic E-state index is 5.78. The first-order chi connectivity index (χ1) is 7.72. The molecular weight excluding hydrogens is 200 g/mol. The molecule has 0 aromatic carbocycles. The van der Waals surface area contributed by atoms with Crippen molar-refractivity contribution in [3.8, 4) is 0 Å². The third-order valence-electron chi connectivity index (χ3n) is 3.53. The van der Waals surface area contributed by atoms with Gasteiger partial charge < -0.3 is 11.1 Å². The van der Waals surface area contributed by atoms with Crippen molar-refractivity contribution >= 4 is 11.6 Å². The van der Waals surface area contributed by atoms with Crippen LogP contribution in [0.2, 0.25) is 0 Å². The summed E-state index contributed by atoms with van der Waals surface area (Å²) in [5, 5.41) is 3.37. The van der Waals surface area contributed by atoms with E-state index in [9.17, 15) is 0 Å². The van der Waals surface area contributed by atoms with E-state index in [1.165, 1.54) is 19.3 Å². The van der Waals surface area contributed by atoms with E-state index in [4.69, 9.17) is 5.73 Å². The predicted molar refractivity (Wildman–Crippen MR) is 64.2 cm³/mol. The van der Waals surface area contributed by atoms with Gasteiger partial charge in [-0.2, -0.15) is 0 Å². The lowest BCUT2D eigenvalue weighted by atomic mass is 10.3. The second kappa shape index (κ2) is 3.61. The Morgan fingerprint density at radius 1 is 1.44 bits per heavy atom. The third kappa shape index (κ3) is 2.10. The molecule has 0 radical (unpaired) electrons. The fraction of sp³-hybridized carbons (Fsp3) is 0.667. The van der Waals surface area contributed by atoms with Gasteiger partial charge in [-0.05, 0) is 31.1 Å². The van der Waals surface area contributed by atoms with E-state index >= 15 is 0 Å². The van der Waals surface area contributed by atoms with Gasteiger partial charge in [0.25, 0.3) is 0 Å². The van der Waals surface area contributed by atoms with Crippen LogP contribution in [0.25, 0.3) is 0 Å². The maximum Gasteiger partial charge on any atom is 0.136 e. The number of aromatic nitrogens is 2. The summed E-state index contributed by atoms with van der Waals surface area (Å²) in [4.78, 5) is 8.80. The molecule has 86 valence electrons. The summed E-state index contributed by atoms with van der Waals surface area (Å²) in [6.07, 6.45) is 3.76. The first-order valence-corrected chi connectivity index (χ1v) is 6.10. The summed E-state index contributed by atoms with van der Waals surface area (Å²) >= 11 is 0. The van der Waals surface area contributed by atoms with Crippen molar-refractivity contribution in [2.45, 2.75) is 32.1 Å². The number of nitrogens with one attached hydrogen (secondary N) is 1. The lowest BCUT2D eigenvalue weighted by Crippen LogP contribution is -2.09. The van der Waals surface area contributed by atoms with Gasteiger partial charge >= 0.3 is 0 Å². The monoisotopic (exact) mass is 218 g/mol. The fourth-order valence-electron chi connectivity index (χ4n) is 2.02. The minimum absolute atomic E-state index is 0.559. The molecule has 4 nitrogen and oxygen atoms in total. The molecule has 0 amide bonds. The molecule has 0 saturated heterocycles. The number of nitrogens with zero attached hydrogens (tertiary/aromatic N) is 2. The second-order valence-corrected chi connectivity index (χ2v) is 5.16. The molecule has 3 N–H and O–H groups in total. The van der Waals surface area contributed by atoms with Crippen LogP contribution in [-0.2, 0) is 0 Å². The van der Waals surface area contributed by atoms with Gasteiger partial charge in [-0.15, -0.1) is 0 Å². The minimum Gasteiger partial charge on any atom is -0.384 e. The summed E-state index contributed by atoms with van der Waals surface area (Å²) in [5.41, 5.74) is 5.78. The zero-order valence-electron chi connectivity index (χ0n) is 9.61. The molecule has 2 saturated carbocycles. The Morgan fingerprint density at radius 2 is 2.19 bits per heavy atom. The van der Waals surface area contributed by atoms with E-state index in [2.05, 4.69) is 22.2 Å². The van der Waals surface area contributed by atoms with Gasteiger partial charge in [-0.1, -0.05) is 6.92 Å². The van der Waals surface area contributed by atoms with Crippen LogP contribution in [-0.4, -0.2) is 16.5 Å². The number of hydrogen-bond donors (Lipinski definition) is 2. The van der Waals surface area contributed by atoms with Gasteiger partial charge in [-0.25, -0.2) is 9.97 Å². The number of anilines is 2. The van der Waals surface area contributed by atoms with E-state index in [1.54, 1.807) is 0 Å². The van der Waals surface area contributed by atoms with E-state index in [-0.39, 0.29) is 0 Å². The van der Waals surface area contributed by atoms with Gasteiger partial charge in [0.1, 0.15) is 17.5 Å². The van der Waals surface area contributed by atoms with Crippen LogP contribution in [0.5, 0.6) is 0 Å². The van der Waals surface area contributed by atoms with Crippen LogP contribution in [0.4, 0.5) is 11.6 Å². The van der Waals surface area contributed by atoms with Crippen molar-refractivity contribution in [1.29, 1.82) is 0 Å². The second-order valence-electron chi connectivity index (χ2n) is 5.16. The molecule has 16 heavy (non-hydrogen) atoms. The summed E-state index contributed by atoms with van der Waals surface area (Å²) in [6, 6.07) is 1.83. The molecule has 2 atom stereocenters. The lowest BCUT2D eigenvalue weighted by molar-refractivity contribution is 0.782. The molecule has 0 spiro atoms. The summed E-state index contributed by atoms with van der Waals surface area (Å²) in [7, 11) is 0. The van der Waals surface area contributed by atoms with Crippen LogP contribution >= 0.6 is 0 Å². The van der Waals surface area contributed by atoms with Gasteiger partial charge in [-0.3, -0.25) is 0 Å². The van der Waals surface area contributed by atoms with Gasteiger partial charge in [0, 0.05) is 18.5 Å². The maximum absolute atomic E-state index is 5.78. The Morgan fingerprint density at radius 3 is 2.81 bits per heavy atom. The van der Waals surface area contributed by atoms with E-state index in [1.807, 2.05) is 6.07 Å². The van der Waals surface area contributed by atoms with Crippen LogP contribution < -0.4 is 11.1 Å². The molecule has 1 aromatic heterocycles.